The molecule has 1 fully saturated rings. The van der Waals surface area contributed by atoms with Crippen molar-refractivity contribution in [1.82, 2.24) is 10.2 Å². The van der Waals surface area contributed by atoms with Gasteiger partial charge in [-0.15, -0.1) is 0 Å². The van der Waals surface area contributed by atoms with Crippen molar-refractivity contribution in [1.29, 1.82) is 0 Å². The van der Waals surface area contributed by atoms with E-state index in [1.54, 1.807) is 0 Å². The maximum Gasteiger partial charge on any atom is 0.227 e. The lowest BCUT2D eigenvalue weighted by molar-refractivity contribution is -0.140. The smallest absolute Gasteiger partial charge is 0.227 e. The first-order valence-corrected chi connectivity index (χ1v) is 7.98. The van der Waals surface area contributed by atoms with Crippen LogP contribution in [0.5, 0.6) is 0 Å². The van der Waals surface area contributed by atoms with E-state index in [2.05, 4.69) is 36.5 Å². The van der Waals surface area contributed by atoms with Crippen molar-refractivity contribution in [3.8, 4) is 0 Å². The second-order valence-corrected chi connectivity index (χ2v) is 7.12. The van der Waals surface area contributed by atoms with E-state index in [1.165, 1.54) is 5.56 Å². The summed E-state index contributed by atoms with van der Waals surface area (Å²) in [5.41, 5.74) is 1.06. The number of hydrogen-bond donors (Lipinski definition) is 1. The molecule has 1 aromatic rings. The van der Waals surface area contributed by atoms with Crippen LogP contribution in [0.2, 0.25) is 0 Å². The number of amides is 1. The fourth-order valence-electron chi connectivity index (χ4n) is 2.92. The molecule has 1 aliphatic heterocycles. The summed E-state index contributed by atoms with van der Waals surface area (Å²) in [5.74, 6) is 0.275. The first-order valence-electron chi connectivity index (χ1n) is 7.98. The second kappa shape index (κ2) is 6.61. The molecule has 0 bridgehead atoms. The number of piperidine rings is 1. The van der Waals surface area contributed by atoms with Crippen LogP contribution in [0, 0.1) is 5.41 Å². The summed E-state index contributed by atoms with van der Waals surface area (Å²) < 4.78 is 0. The van der Waals surface area contributed by atoms with Gasteiger partial charge in [0.2, 0.25) is 5.91 Å². The van der Waals surface area contributed by atoms with Crippen LogP contribution >= 0.6 is 0 Å². The lowest BCUT2D eigenvalue weighted by Crippen LogP contribution is -2.48. The molecule has 3 heteroatoms. The molecule has 3 nitrogen and oxygen atoms in total. The molecule has 2 rings (SSSR count). The van der Waals surface area contributed by atoms with Gasteiger partial charge in [-0.25, -0.2) is 0 Å². The predicted octanol–water partition coefficient (Wildman–Crippen LogP) is 3.37. The largest absolute Gasteiger partial charge is 0.342 e. The van der Waals surface area contributed by atoms with E-state index in [1.807, 2.05) is 31.7 Å². The molecular formula is C18H28N2O. The van der Waals surface area contributed by atoms with Gasteiger partial charge in [-0.2, -0.15) is 0 Å². The van der Waals surface area contributed by atoms with E-state index in [-0.39, 0.29) is 11.3 Å². The Labute approximate surface area is 128 Å². The SMILES string of the molecule is CC(NC1CCN(C(=O)C(C)(C)C)CC1)c1ccccc1. The third-order valence-corrected chi connectivity index (χ3v) is 4.21. The van der Waals surface area contributed by atoms with Gasteiger partial charge in [0.05, 0.1) is 0 Å². The Morgan fingerprint density at radius 1 is 1.19 bits per heavy atom. The maximum atomic E-state index is 12.3. The van der Waals surface area contributed by atoms with Crippen LogP contribution in [0.15, 0.2) is 30.3 Å². The second-order valence-electron chi connectivity index (χ2n) is 7.12. The fraction of sp³-hybridized carbons (Fsp3) is 0.611. The first-order chi connectivity index (χ1) is 9.88. The van der Waals surface area contributed by atoms with Crippen molar-refractivity contribution in [2.45, 2.75) is 52.6 Å². The fourth-order valence-corrected chi connectivity index (χ4v) is 2.92. The Hall–Kier alpha value is -1.35. The summed E-state index contributed by atoms with van der Waals surface area (Å²) in [6.45, 7) is 9.94. The zero-order valence-corrected chi connectivity index (χ0v) is 13.7. The van der Waals surface area contributed by atoms with Gasteiger partial charge in [-0.3, -0.25) is 4.79 Å². The quantitative estimate of drug-likeness (QED) is 0.925. The number of nitrogens with zero attached hydrogens (tertiary/aromatic N) is 1. The molecule has 21 heavy (non-hydrogen) atoms. The summed E-state index contributed by atoms with van der Waals surface area (Å²) in [5, 5.41) is 3.70. The van der Waals surface area contributed by atoms with Crippen LogP contribution in [0.3, 0.4) is 0 Å². The van der Waals surface area contributed by atoms with Crippen molar-refractivity contribution in [2.75, 3.05) is 13.1 Å². The third kappa shape index (κ3) is 4.31. The van der Waals surface area contributed by atoms with Crippen molar-refractivity contribution in [3.63, 3.8) is 0 Å². The minimum Gasteiger partial charge on any atom is -0.342 e. The summed E-state index contributed by atoms with van der Waals surface area (Å²) in [4.78, 5) is 14.3. The molecule has 0 aliphatic carbocycles. The Balaban J connectivity index is 1.83. The molecule has 116 valence electrons. The van der Waals surface area contributed by atoms with E-state index in [0.29, 0.717) is 12.1 Å². The van der Waals surface area contributed by atoms with Crippen molar-refractivity contribution >= 4 is 5.91 Å². The molecule has 1 atom stereocenters. The van der Waals surface area contributed by atoms with Crippen molar-refractivity contribution in [2.24, 2.45) is 5.41 Å². The van der Waals surface area contributed by atoms with Crippen LogP contribution in [-0.2, 0) is 4.79 Å². The zero-order valence-electron chi connectivity index (χ0n) is 13.7. The minimum atomic E-state index is -0.266. The highest BCUT2D eigenvalue weighted by atomic mass is 16.2. The van der Waals surface area contributed by atoms with Crippen LogP contribution in [0.25, 0.3) is 0 Å². The molecule has 1 amide bonds. The van der Waals surface area contributed by atoms with Crippen molar-refractivity contribution < 1.29 is 4.79 Å². The number of rotatable bonds is 3. The van der Waals surface area contributed by atoms with Crippen LogP contribution in [-0.4, -0.2) is 29.9 Å². The summed E-state index contributed by atoms with van der Waals surface area (Å²) in [6.07, 6.45) is 2.08. The minimum absolute atomic E-state index is 0.266. The van der Waals surface area contributed by atoms with Gasteiger partial charge in [0.1, 0.15) is 0 Å². The summed E-state index contributed by atoms with van der Waals surface area (Å²) in [7, 11) is 0. The average molecular weight is 288 g/mol. The lowest BCUT2D eigenvalue weighted by atomic mass is 9.92. The highest BCUT2D eigenvalue weighted by Gasteiger charge is 2.30. The summed E-state index contributed by atoms with van der Waals surface area (Å²) >= 11 is 0. The molecule has 0 aromatic heterocycles. The van der Waals surface area contributed by atoms with Crippen LogP contribution in [0.4, 0.5) is 0 Å². The topological polar surface area (TPSA) is 32.3 Å². The molecule has 0 radical (unpaired) electrons. The number of carbonyl (C=O) groups is 1. The normalized spacial score (nSPS) is 18.6. The number of benzene rings is 1. The Bertz CT molecular complexity index is 456. The van der Waals surface area contributed by atoms with Gasteiger partial charge in [0, 0.05) is 30.6 Å². The highest BCUT2D eigenvalue weighted by Crippen LogP contribution is 2.22. The van der Waals surface area contributed by atoms with Gasteiger partial charge >= 0.3 is 0 Å². The van der Waals surface area contributed by atoms with E-state index < -0.39 is 0 Å². The van der Waals surface area contributed by atoms with Crippen molar-refractivity contribution in [3.05, 3.63) is 35.9 Å². The monoisotopic (exact) mass is 288 g/mol. The van der Waals surface area contributed by atoms with Gasteiger partial charge in [-0.1, -0.05) is 51.1 Å². The molecule has 1 heterocycles. The molecule has 1 N–H and O–H groups in total. The number of likely N-dealkylation sites (tertiary alicyclic amines) is 1. The molecule has 1 aliphatic rings. The molecule has 1 unspecified atom stereocenters. The maximum absolute atomic E-state index is 12.3. The van der Waals surface area contributed by atoms with Gasteiger partial charge < -0.3 is 10.2 Å². The molecule has 1 saturated heterocycles. The molecule has 0 saturated carbocycles. The highest BCUT2D eigenvalue weighted by molar-refractivity contribution is 5.81. The van der Waals surface area contributed by atoms with E-state index in [0.717, 1.165) is 25.9 Å². The van der Waals surface area contributed by atoms with E-state index in [4.69, 9.17) is 0 Å². The summed E-state index contributed by atoms with van der Waals surface area (Å²) in [6, 6.07) is 11.4. The number of hydrogen-bond acceptors (Lipinski definition) is 2. The lowest BCUT2D eigenvalue weighted by Gasteiger charge is -2.37. The van der Waals surface area contributed by atoms with Gasteiger partial charge in [0.25, 0.3) is 0 Å². The van der Waals surface area contributed by atoms with Gasteiger partial charge in [0.15, 0.2) is 0 Å². The zero-order chi connectivity index (χ0) is 15.5. The van der Waals surface area contributed by atoms with Gasteiger partial charge in [-0.05, 0) is 25.3 Å². The number of nitrogens with one attached hydrogen (secondary N) is 1. The molecular weight excluding hydrogens is 260 g/mol. The van der Waals surface area contributed by atoms with Crippen LogP contribution < -0.4 is 5.32 Å². The average Bonchev–Trinajstić information content (AvgIpc) is 2.47. The number of carbonyl (C=O) groups excluding carboxylic acids is 1. The standard InChI is InChI=1S/C18H28N2O/c1-14(15-8-6-5-7-9-15)19-16-10-12-20(13-11-16)17(21)18(2,3)4/h5-9,14,16,19H,10-13H2,1-4H3. The Kier molecular flexibility index (Phi) is 5.04. The Morgan fingerprint density at radius 2 is 1.76 bits per heavy atom. The third-order valence-electron chi connectivity index (χ3n) is 4.21. The van der Waals surface area contributed by atoms with Crippen LogP contribution in [0.1, 0.15) is 52.1 Å². The Morgan fingerprint density at radius 3 is 2.29 bits per heavy atom. The first kappa shape index (κ1) is 16.0. The molecule has 0 spiro atoms. The van der Waals surface area contributed by atoms with E-state index in [9.17, 15) is 4.79 Å². The predicted molar refractivity (Wildman–Crippen MR) is 87.0 cm³/mol. The molecule has 1 aromatic carbocycles. The van der Waals surface area contributed by atoms with E-state index >= 15 is 0 Å².